The topological polar surface area (TPSA) is 108 Å². The molecule has 1 saturated heterocycles. The summed E-state index contributed by atoms with van der Waals surface area (Å²) in [6.07, 6.45) is -0.985. The normalized spacial score (nSPS) is 18.1. The SMILES string of the molecule is CC(C)C1C(=O)N(Cc2ccccc2)C(CC(C)C(NC(=O)OC(C)(C)C)C(=O)N(CCCl)Cc2ccccc2)CN1C(=O)OC(C)(C)C. The van der Waals surface area contributed by atoms with Crippen LogP contribution in [0.5, 0.6) is 0 Å². The van der Waals surface area contributed by atoms with Crippen LogP contribution in [0.2, 0.25) is 0 Å². The third-order valence-corrected chi connectivity index (χ3v) is 8.38. The van der Waals surface area contributed by atoms with E-state index < -0.39 is 47.4 Å². The van der Waals surface area contributed by atoms with Gasteiger partial charge in [0.1, 0.15) is 23.3 Å². The largest absolute Gasteiger partial charge is 0.444 e. The number of alkyl carbamates (subject to hydrolysis) is 1. The van der Waals surface area contributed by atoms with Crippen LogP contribution in [-0.2, 0) is 32.2 Å². The summed E-state index contributed by atoms with van der Waals surface area (Å²) in [5.41, 5.74) is 0.315. The van der Waals surface area contributed by atoms with Crippen LogP contribution in [0, 0.1) is 11.8 Å². The van der Waals surface area contributed by atoms with Crippen LogP contribution in [0.25, 0.3) is 0 Å². The minimum absolute atomic E-state index is 0.179. The van der Waals surface area contributed by atoms with Crippen LogP contribution in [0.15, 0.2) is 60.7 Å². The molecule has 1 aliphatic heterocycles. The molecule has 4 atom stereocenters. The third kappa shape index (κ3) is 11.9. The van der Waals surface area contributed by atoms with Crippen molar-refractivity contribution in [2.24, 2.45) is 11.8 Å². The molecule has 0 spiro atoms. The first-order chi connectivity index (χ1) is 22.9. The van der Waals surface area contributed by atoms with Crippen molar-refractivity contribution in [3.63, 3.8) is 0 Å². The number of amides is 4. The highest BCUT2D eigenvalue weighted by Crippen LogP contribution is 2.30. The van der Waals surface area contributed by atoms with Crippen LogP contribution in [0.4, 0.5) is 9.59 Å². The van der Waals surface area contributed by atoms with E-state index in [2.05, 4.69) is 5.32 Å². The Hall–Kier alpha value is -3.79. The van der Waals surface area contributed by atoms with Gasteiger partial charge in [-0.3, -0.25) is 14.5 Å². The summed E-state index contributed by atoms with van der Waals surface area (Å²) < 4.78 is 11.4. The molecule has 3 rings (SSSR count). The summed E-state index contributed by atoms with van der Waals surface area (Å²) in [6.45, 7) is 17.5. The Morgan fingerprint density at radius 1 is 0.898 bits per heavy atom. The standard InChI is InChI=1S/C38H55ClN4O6/c1-26(2)32-34(45)42(24-29-18-14-11-15-19-29)30(25-43(32)36(47)49-38(7,8)9)22-27(3)31(40-35(46)48-37(4,5)6)33(44)41(21-20-39)23-28-16-12-10-13-17-28/h10-19,26-27,30-32H,20-25H2,1-9H3,(H,40,46). The number of ether oxygens (including phenoxy) is 2. The zero-order valence-electron chi connectivity index (χ0n) is 30.6. The summed E-state index contributed by atoms with van der Waals surface area (Å²) in [5.74, 6) is -0.967. The maximum atomic E-state index is 14.4. The van der Waals surface area contributed by atoms with Crippen molar-refractivity contribution in [3.05, 3.63) is 71.8 Å². The molecule has 11 heteroatoms. The van der Waals surface area contributed by atoms with Gasteiger partial charge in [-0.05, 0) is 70.9 Å². The number of nitrogens with zero attached hydrogens (tertiary/aromatic N) is 3. The molecule has 4 unspecified atom stereocenters. The molecular weight excluding hydrogens is 644 g/mol. The smallest absolute Gasteiger partial charge is 0.411 e. The molecule has 4 amide bonds. The molecule has 2 aromatic carbocycles. The van der Waals surface area contributed by atoms with E-state index in [1.165, 1.54) is 4.90 Å². The number of carbonyl (C=O) groups is 4. The van der Waals surface area contributed by atoms with Crippen LogP contribution >= 0.6 is 11.6 Å². The summed E-state index contributed by atoms with van der Waals surface area (Å²) in [4.78, 5) is 60.5. The number of hydrogen-bond acceptors (Lipinski definition) is 6. The Balaban J connectivity index is 2.02. The average molecular weight is 699 g/mol. The van der Waals surface area contributed by atoms with Gasteiger partial charge in [-0.25, -0.2) is 9.59 Å². The van der Waals surface area contributed by atoms with Gasteiger partial charge in [0.05, 0.1) is 6.04 Å². The van der Waals surface area contributed by atoms with Gasteiger partial charge in [-0.1, -0.05) is 81.4 Å². The number of benzene rings is 2. The van der Waals surface area contributed by atoms with E-state index in [1.54, 1.807) is 46.4 Å². The Bertz CT molecular complexity index is 1390. The van der Waals surface area contributed by atoms with E-state index in [-0.39, 0.29) is 36.7 Å². The first-order valence-corrected chi connectivity index (χ1v) is 17.7. The van der Waals surface area contributed by atoms with Crippen LogP contribution in [0.3, 0.4) is 0 Å². The van der Waals surface area contributed by atoms with E-state index in [1.807, 2.05) is 86.3 Å². The molecule has 1 fully saturated rings. The number of piperazine rings is 1. The molecule has 0 aromatic heterocycles. The first kappa shape index (κ1) is 39.6. The first-order valence-electron chi connectivity index (χ1n) is 17.1. The zero-order valence-corrected chi connectivity index (χ0v) is 31.3. The fourth-order valence-corrected chi connectivity index (χ4v) is 6.29. The van der Waals surface area contributed by atoms with Crippen LogP contribution in [0.1, 0.15) is 79.9 Å². The molecule has 1 N–H and O–H groups in total. The highest BCUT2D eigenvalue weighted by Gasteiger charge is 2.46. The second-order valence-electron chi connectivity index (χ2n) is 15.2. The predicted octanol–water partition coefficient (Wildman–Crippen LogP) is 6.85. The molecule has 1 aliphatic rings. The molecular formula is C38H55ClN4O6. The number of hydrogen-bond donors (Lipinski definition) is 1. The molecule has 2 aromatic rings. The summed E-state index contributed by atoms with van der Waals surface area (Å²) in [7, 11) is 0. The van der Waals surface area contributed by atoms with Gasteiger partial charge in [0.2, 0.25) is 11.8 Å². The molecule has 0 bridgehead atoms. The molecule has 10 nitrogen and oxygen atoms in total. The number of rotatable bonds is 12. The van der Waals surface area contributed by atoms with Crippen molar-refractivity contribution in [1.82, 2.24) is 20.0 Å². The van der Waals surface area contributed by atoms with E-state index in [0.717, 1.165) is 11.1 Å². The molecule has 0 radical (unpaired) electrons. The van der Waals surface area contributed by atoms with E-state index in [4.69, 9.17) is 21.1 Å². The lowest BCUT2D eigenvalue weighted by Gasteiger charge is -2.48. The minimum Gasteiger partial charge on any atom is -0.444 e. The molecule has 270 valence electrons. The molecule has 49 heavy (non-hydrogen) atoms. The lowest BCUT2D eigenvalue weighted by Crippen LogP contribution is -2.65. The monoisotopic (exact) mass is 698 g/mol. The van der Waals surface area contributed by atoms with Crippen molar-refractivity contribution >= 4 is 35.6 Å². The number of nitrogens with one attached hydrogen (secondary N) is 1. The third-order valence-electron chi connectivity index (χ3n) is 8.21. The Morgan fingerprint density at radius 2 is 1.45 bits per heavy atom. The van der Waals surface area contributed by atoms with Crippen molar-refractivity contribution < 1.29 is 28.7 Å². The van der Waals surface area contributed by atoms with Gasteiger partial charge in [-0.15, -0.1) is 11.6 Å². The molecule has 0 aliphatic carbocycles. The van der Waals surface area contributed by atoms with Crippen molar-refractivity contribution in [3.8, 4) is 0 Å². The Labute approximate surface area is 297 Å². The van der Waals surface area contributed by atoms with Gasteiger partial charge in [-0.2, -0.15) is 0 Å². The highest BCUT2D eigenvalue weighted by molar-refractivity contribution is 6.18. The fourth-order valence-electron chi connectivity index (χ4n) is 6.08. The molecule has 0 saturated carbocycles. The van der Waals surface area contributed by atoms with Crippen molar-refractivity contribution in [1.29, 1.82) is 0 Å². The van der Waals surface area contributed by atoms with Crippen LogP contribution < -0.4 is 5.32 Å². The minimum atomic E-state index is -1.01. The van der Waals surface area contributed by atoms with Gasteiger partial charge in [0.15, 0.2) is 0 Å². The predicted molar refractivity (Wildman–Crippen MR) is 192 cm³/mol. The Kier molecular flexibility index (Phi) is 13.9. The van der Waals surface area contributed by atoms with Crippen molar-refractivity contribution in [2.45, 2.75) is 111 Å². The lowest BCUT2D eigenvalue weighted by molar-refractivity contribution is -0.149. The summed E-state index contributed by atoms with van der Waals surface area (Å²) in [6, 6.07) is 17.0. The average Bonchev–Trinajstić information content (AvgIpc) is 3.00. The summed E-state index contributed by atoms with van der Waals surface area (Å²) in [5, 5.41) is 2.85. The highest BCUT2D eigenvalue weighted by atomic mass is 35.5. The number of halogens is 1. The zero-order chi connectivity index (χ0) is 36.5. The van der Waals surface area contributed by atoms with Crippen LogP contribution in [-0.4, -0.2) is 87.0 Å². The second-order valence-corrected chi connectivity index (χ2v) is 15.6. The Morgan fingerprint density at radius 3 is 1.96 bits per heavy atom. The number of carbonyl (C=O) groups excluding carboxylic acids is 4. The quantitative estimate of drug-likeness (QED) is 0.243. The lowest BCUT2D eigenvalue weighted by atomic mass is 9.88. The van der Waals surface area contributed by atoms with Gasteiger partial charge in [0.25, 0.3) is 0 Å². The van der Waals surface area contributed by atoms with Gasteiger partial charge in [0, 0.05) is 32.1 Å². The van der Waals surface area contributed by atoms with Gasteiger partial charge < -0.3 is 24.6 Å². The molecule has 1 heterocycles. The van der Waals surface area contributed by atoms with Crippen molar-refractivity contribution in [2.75, 3.05) is 19.0 Å². The summed E-state index contributed by atoms with van der Waals surface area (Å²) >= 11 is 6.18. The van der Waals surface area contributed by atoms with E-state index in [0.29, 0.717) is 19.5 Å². The van der Waals surface area contributed by atoms with Gasteiger partial charge >= 0.3 is 12.2 Å². The van der Waals surface area contributed by atoms with E-state index in [9.17, 15) is 19.2 Å². The second kappa shape index (κ2) is 17.2. The maximum absolute atomic E-state index is 14.4. The maximum Gasteiger partial charge on any atom is 0.411 e. The van der Waals surface area contributed by atoms with E-state index >= 15 is 0 Å². The number of alkyl halides is 1. The fraction of sp³-hybridized carbons (Fsp3) is 0.579.